The molecule has 3 aromatic heterocycles. The predicted molar refractivity (Wildman–Crippen MR) is 149 cm³/mol. The molecular formula is C29H21ClF2N8O. The summed E-state index contributed by atoms with van der Waals surface area (Å²) >= 11 is 6.31. The van der Waals surface area contributed by atoms with Crippen LogP contribution in [0.4, 0.5) is 8.78 Å². The standard InChI is InChI=1S/C29H21ClF2N8O/c1-13-17-4-2-14(6-23(17)36-35-13)21-7-15(11-33-21)27-18-9-19(18)29-34-22(10-26(41)40(27)29)20-8-16(30)3-5-25(20)39-12-24(28(31)32)37-38-39/h2-6,8,10-12,18-19,27-28H,7,9H2,1H3,(H,35,36). The molecule has 1 fully saturated rings. The topological polar surface area (TPSA) is 107 Å². The number of alkyl halides is 2. The van der Waals surface area contributed by atoms with E-state index in [0.717, 1.165) is 45.7 Å². The van der Waals surface area contributed by atoms with Crippen molar-refractivity contribution in [3.63, 3.8) is 0 Å². The molecule has 1 aliphatic carbocycles. The molecule has 41 heavy (non-hydrogen) atoms. The third kappa shape index (κ3) is 3.79. The van der Waals surface area contributed by atoms with Crippen molar-refractivity contribution in [2.24, 2.45) is 10.9 Å². The predicted octanol–water partition coefficient (Wildman–Crippen LogP) is 5.70. The maximum absolute atomic E-state index is 13.6. The summed E-state index contributed by atoms with van der Waals surface area (Å²) in [6.07, 6.45) is 1.89. The van der Waals surface area contributed by atoms with Gasteiger partial charge in [0.25, 0.3) is 12.0 Å². The SMILES string of the molecule is Cc1[nH]nc2cc(C3=NC=C(C4C5CC5c5nc(-c6cc(Cl)ccc6-n6cc(C(F)F)nn6)cc(=O)n54)C3)ccc12. The van der Waals surface area contributed by atoms with Crippen molar-refractivity contribution in [1.29, 1.82) is 0 Å². The molecule has 0 radical (unpaired) electrons. The first-order valence-corrected chi connectivity index (χ1v) is 13.6. The second-order valence-corrected chi connectivity index (χ2v) is 11.2. The highest BCUT2D eigenvalue weighted by Crippen LogP contribution is 2.61. The molecule has 5 aromatic rings. The molecule has 5 heterocycles. The molecule has 3 unspecified atom stereocenters. The molecule has 0 bridgehead atoms. The third-order valence-electron chi connectivity index (χ3n) is 8.27. The largest absolute Gasteiger partial charge is 0.289 e. The maximum atomic E-state index is 13.6. The van der Waals surface area contributed by atoms with Crippen molar-refractivity contribution in [3.05, 3.63) is 98.6 Å². The smallest absolute Gasteiger partial charge is 0.283 e. The Bertz CT molecular complexity index is 2020. The molecule has 12 heteroatoms. The van der Waals surface area contributed by atoms with Crippen molar-refractivity contribution >= 4 is 28.2 Å². The van der Waals surface area contributed by atoms with Gasteiger partial charge < -0.3 is 0 Å². The average Bonchev–Trinajstić information content (AvgIpc) is 3.36. The minimum atomic E-state index is -2.75. The van der Waals surface area contributed by atoms with Crippen LogP contribution >= 0.6 is 11.6 Å². The number of benzene rings is 2. The van der Waals surface area contributed by atoms with Gasteiger partial charge in [0.2, 0.25) is 0 Å². The van der Waals surface area contributed by atoms with Gasteiger partial charge in [0, 0.05) is 46.3 Å². The van der Waals surface area contributed by atoms with Gasteiger partial charge in [0.15, 0.2) is 0 Å². The molecule has 1 saturated carbocycles. The second-order valence-electron chi connectivity index (χ2n) is 10.7. The number of aromatic amines is 1. The number of rotatable bonds is 5. The van der Waals surface area contributed by atoms with Gasteiger partial charge in [-0.1, -0.05) is 28.9 Å². The first-order valence-electron chi connectivity index (χ1n) is 13.2. The normalized spacial score (nSPS) is 20.9. The molecule has 0 saturated heterocycles. The summed E-state index contributed by atoms with van der Waals surface area (Å²) in [6.45, 7) is 1.99. The van der Waals surface area contributed by atoms with Gasteiger partial charge >= 0.3 is 0 Å². The molecule has 2 aliphatic heterocycles. The van der Waals surface area contributed by atoms with Gasteiger partial charge in [-0.15, -0.1) is 5.10 Å². The Hall–Kier alpha value is -4.51. The van der Waals surface area contributed by atoms with Crippen LogP contribution in [-0.2, 0) is 0 Å². The number of fused-ring (bicyclic) bond motifs is 4. The summed E-state index contributed by atoms with van der Waals surface area (Å²) in [5, 5.41) is 16.3. The number of nitrogens with zero attached hydrogens (tertiary/aromatic N) is 7. The van der Waals surface area contributed by atoms with E-state index in [1.807, 2.05) is 19.2 Å². The molecule has 9 nitrogen and oxygen atoms in total. The molecule has 3 aliphatic rings. The number of hydrogen-bond donors (Lipinski definition) is 1. The van der Waals surface area contributed by atoms with Crippen LogP contribution in [0.5, 0.6) is 0 Å². The number of halogens is 3. The Balaban J connectivity index is 1.13. The molecule has 1 N–H and O–H groups in total. The second kappa shape index (κ2) is 8.74. The average molecular weight is 571 g/mol. The zero-order valence-electron chi connectivity index (χ0n) is 21.6. The van der Waals surface area contributed by atoms with Gasteiger partial charge in [0.05, 0.1) is 34.8 Å². The lowest BCUT2D eigenvalue weighted by atomic mass is 9.96. The molecule has 2 aromatic carbocycles. The van der Waals surface area contributed by atoms with Gasteiger partial charge in [-0.2, -0.15) is 5.10 Å². The number of aryl methyl sites for hydroxylation is 1. The molecule has 3 atom stereocenters. The third-order valence-corrected chi connectivity index (χ3v) is 8.50. The lowest BCUT2D eigenvalue weighted by Crippen LogP contribution is -2.27. The number of H-pyrrole nitrogens is 1. The summed E-state index contributed by atoms with van der Waals surface area (Å²) < 4.78 is 29.4. The van der Waals surface area contributed by atoms with Crippen LogP contribution in [-0.4, -0.2) is 40.5 Å². The number of nitrogens with one attached hydrogen (secondary N) is 1. The van der Waals surface area contributed by atoms with Crippen molar-refractivity contribution in [1.82, 2.24) is 34.7 Å². The zero-order valence-corrected chi connectivity index (χ0v) is 22.3. The Morgan fingerprint density at radius 1 is 1.15 bits per heavy atom. The van der Waals surface area contributed by atoms with Crippen LogP contribution in [0.25, 0.3) is 27.8 Å². The summed E-state index contributed by atoms with van der Waals surface area (Å²) in [5.74, 6) is 1.17. The number of hydrogen-bond acceptors (Lipinski definition) is 6. The lowest BCUT2D eigenvalue weighted by Gasteiger charge is -2.20. The summed E-state index contributed by atoms with van der Waals surface area (Å²) in [6, 6.07) is 12.5. The first kappa shape index (κ1) is 24.3. The highest BCUT2D eigenvalue weighted by atomic mass is 35.5. The van der Waals surface area contributed by atoms with E-state index < -0.39 is 12.1 Å². The fraction of sp³-hybridized carbons (Fsp3) is 0.241. The van der Waals surface area contributed by atoms with E-state index in [0.29, 0.717) is 28.4 Å². The quantitative estimate of drug-likeness (QED) is 0.292. The van der Waals surface area contributed by atoms with Crippen molar-refractivity contribution in [3.8, 4) is 16.9 Å². The number of aromatic nitrogens is 7. The van der Waals surface area contributed by atoms with E-state index in [1.165, 1.54) is 16.9 Å². The highest BCUT2D eigenvalue weighted by Gasteiger charge is 2.55. The molecule has 204 valence electrons. The van der Waals surface area contributed by atoms with Crippen LogP contribution in [0.2, 0.25) is 5.02 Å². The Morgan fingerprint density at radius 3 is 2.85 bits per heavy atom. The van der Waals surface area contributed by atoms with E-state index in [9.17, 15) is 13.6 Å². The monoisotopic (exact) mass is 570 g/mol. The highest BCUT2D eigenvalue weighted by molar-refractivity contribution is 6.31. The van der Waals surface area contributed by atoms with E-state index in [2.05, 4.69) is 32.6 Å². The van der Waals surface area contributed by atoms with Crippen molar-refractivity contribution in [2.45, 2.75) is 38.2 Å². The van der Waals surface area contributed by atoms with Crippen LogP contribution in [0.15, 0.2) is 70.2 Å². The summed E-state index contributed by atoms with van der Waals surface area (Å²) in [4.78, 5) is 23.3. The van der Waals surface area contributed by atoms with Crippen LogP contribution in [0, 0.1) is 12.8 Å². The fourth-order valence-electron chi connectivity index (χ4n) is 6.22. The number of aliphatic imine (C=N–C) groups is 1. The van der Waals surface area contributed by atoms with Crippen LogP contribution < -0.4 is 5.56 Å². The lowest BCUT2D eigenvalue weighted by molar-refractivity contribution is 0.146. The van der Waals surface area contributed by atoms with Gasteiger partial charge in [-0.3, -0.25) is 19.5 Å². The molecule has 0 spiro atoms. The van der Waals surface area contributed by atoms with Crippen LogP contribution in [0.3, 0.4) is 0 Å². The first-order chi connectivity index (χ1) is 19.9. The van der Waals surface area contributed by atoms with Crippen molar-refractivity contribution in [2.75, 3.05) is 0 Å². The zero-order chi connectivity index (χ0) is 28.0. The summed E-state index contributed by atoms with van der Waals surface area (Å²) in [5.41, 5.74) is 5.73. The minimum Gasteiger partial charge on any atom is -0.289 e. The Morgan fingerprint density at radius 2 is 2.02 bits per heavy atom. The molecule has 0 amide bonds. The van der Waals surface area contributed by atoms with E-state index in [4.69, 9.17) is 21.6 Å². The van der Waals surface area contributed by atoms with Crippen molar-refractivity contribution < 1.29 is 8.78 Å². The Labute approximate surface area is 236 Å². The molecular weight excluding hydrogens is 550 g/mol. The van der Waals surface area contributed by atoms with E-state index >= 15 is 0 Å². The van der Waals surface area contributed by atoms with Crippen LogP contribution in [0.1, 0.15) is 54.0 Å². The summed E-state index contributed by atoms with van der Waals surface area (Å²) in [7, 11) is 0. The van der Waals surface area contributed by atoms with Gasteiger partial charge in [0.1, 0.15) is 11.5 Å². The number of allylic oxidation sites excluding steroid dienone is 1. The Kier molecular flexibility index (Phi) is 5.18. The van der Waals surface area contributed by atoms with Gasteiger partial charge in [-0.25, -0.2) is 18.4 Å². The van der Waals surface area contributed by atoms with E-state index in [-0.39, 0.29) is 23.4 Å². The van der Waals surface area contributed by atoms with Gasteiger partial charge in [-0.05, 0) is 54.7 Å². The minimum absolute atomic E-state index is 0.107. The van der Waals surface area contributed by atoms with E-state index in [1.54, 1.807) is 22.8 Å². The maximum Gasteiger partial charge on any atom is 0.283 e. The fourth-order valence-corrected chi connectivity index (χ4v) is 6.39. The molecule has 8 rings (SSSR count).